The van der Waals surface area contributed by atoms with Gasteiger partial charge in [-0.05, 0) is 43.7 Å². The number of carbonyl (C=O) groups is 3. The average Bonchev–Trinajstić information content (AvgIpc) is 2.87. The molecule has 0 bridgehead atoms. The Labute approximate surface area is 154 Å². The number of nitrogens with one attached hydrogen (secondary N) is 1. The fraction of sp³-hybridized carbons (Fsp3) is 0.550. The lowest BCUT2D eigenvalue weighted by Gasteiger charge is -2.33. The third-order valence-electron chi connectivity index (χ3n) is 5.46. The maximum Gasteiger partial charge on any atom is 0.325 e. The number of amides is 4. The summed E-state index contributed by atoms with van der Waals surface area (Å²) in [6.45, 7) is 5.03. The molecule has 6 nitrogen and oxygen atoms in total. The second-order valence-electron chi connectivity index (χ2n) is 7.06. The summed E-state index contributed by atoms with van der Waals surface area (Å²) in [6, 6.07) is 7.30. The van der Waals surface area contributed by atoms with Crippen LogP contribution in [0.1, 0.15) is 50.7 Å². The molecule has 1 aliphatic carbocycles. The fourth-order valence-corrected chi connectivity index (χ4v) is 4.00. The number of rotatable bonds is 6. The van der Waals surface area contributed by atoms with Crippen LogP contribution in [0.4, 0.5) is 4.79 Å². The first-order valence-corrected chi connectivity index (χ1v) is 9.53. The van der Waals surface area contributed by atoms with Crippen LogP contribution in [0.5, 0.6) is 0 Å². The van der Waals surface area contributed by atoms with Crippen LogP contribution in [-0.4, -0.2) is 47.3 Å². The number of fused-ring (bicyclic) bond motifs is 2. The van der Waals surface area contributed by atoms with Crippen LogP contribution in [0, 0.1) is 0 Å². The van der Waals surface area contributed by atoms with Crippen molar-refractivity contribution < 1.29 is 14.4 Å². The summed E-state index contributed by atoms with van der Waals surface area (Å²) in [4.78, 5) is 41.1. The predicted molar refractivity (Wildman–Crippen MR) is 98.5 cm³/mol. The van der Waals surface area contributed by atoms with Crippen LogP contribution >= 0.6 is 0 Å². The Morgan fingerprint density at radius 3 is 2.77 bits per heavy atom. The standard InChI is InChI=1S/C20H27N3O3/c1-3-5-13-22(4-2)17(24)14-23-18(25)20(21-19(23)26)12-8-10-15-9-6-7-11-16(15)20/h6-7,9,11H,3-5,8,10,12-14H2,1-2H3,(H,21,26)/t20-/m1/s1. The number of hydrogen-bond acceptors (Lipinski definition) is 3. The predicted octanol–water partition coefficient (Wildman–Crippen LogP) is 2.42. The van der Waals surface area contributed by atoms with E-state index in [0.29, 0.717) is 19.5 Å². The van der Waals surface area contributed by atoms with E-state index in [-0.39, 0.29) is 18.4 Å². The Bertz CT molecular complexity index is 718. The maximum absolute atomic E-state index is 13.2. The van der Waals surface area contributed by atoms with Gasteiger partial charge in [0.1, 0.15) is 12.1 Å². The van der Waals surface area contributed by atoms with Gasteiger partial charge in [0.2, 0.25) is 5.91 Å². The average molecular weight is 357 g/mol. The summed E-state index contributed by atoms with van der Waals surface area (Å²) < 4.78 is 0. The van der Waals surface area contributed by atoms with Crippen molar-refractivity contribution in [2.45, 2.75) is 51.5 Å². The van der Waals surface area contributed by atoms with Gasteiger partial charge in [0.25, 0.3) is 5.91 Å². The normalized spacial score (nSPS) is 21.7. The molecule has 0 unspecified atom stereocenters. The zero-order chi connectivity index (χ0) is 18.7. The molecule has 1 N–H and O–H groups in total. The van der Waals surface area contributed by atoms with Gasteiger partial charge in [-0.3, -0.25) is 14.5 Å². The number of nitrogens with zero attached hydrogens (tertiary/aromatic N) is 2. The fourth-order valence-electron chi connectivity index (χ4n) is 4.00. The van der Waals surface area contributed by atoms with Gasteiger partial charge >= 0.3 is 6.03 Å². The van der Waals surface area contributed by atoms with Gasteiger partial charge in [0.05, 0.1) is 0 Å². The van der Waals surface area contributed by atoms with Crippen LogP contribution in [0.25, 0.3) is 0 Å². The van der Waals surface area contributed by atoms with E-state index >= 15 is 0 Å². The molecular formula is C20H27N3O3. The lowest BCUT2D eigenvalue weighted by Crippen LogP contribution is -2.47. The monoisotopic (exact) mass is 357 g/mol. The van der Waals surface area contributed by atoms with E-state index < -0.39 is 11.6 Å². The van der Waals surface area contributed by atoms with Crippen LogP contribution < -0.4 is 5.32 Å². The van der Waals surface area contributed by atoms with Crippen molar-refractivity contribution in [3.63, 3.8) is 0 Å². The zero-order valence-corrected chi connectivity index (χ0v) is 15.6. The SMILES string of the molecule is CCCCN(CC)C(=O)CN1C(=O)N[C@@]2(CCCc3ccccc32)C1=O. The van der Waals surface area contributed by atoms with E-state index in [1.807, 2.05) is 31.2 Å². The van der Waals surface area contributed by atoms with Gasteiger partial charge in [-0.2, -0.15) is 0 Å². The van der Waals surface area contributed by atoms with E-state index in [9.17, 15) is 14.4 Å². The van der Waals surface area contributed by atoms with E-state index in [1.165, 1.54) is 0 Å². The van der Waals surface area contributed by atoms with Gasteiger partial charge in [0, 0.05) is 13.1 Å². The van der Waals surface area contributed by atoms with Crippen molar-refractivity contribution in [1.29, 1.82) is 0 Å². The molecule has 2 aliphatic rings. The summed E-state index contributed by atoms with van der Waals surface area (Å²) in [5.41, 5.74) is 0.962. The summed E-state index contributed by atoms with van der Waals surface area (Å²) >= 11 is 0. The third kappa shape index (κ3) is 3.08. The Morgan fingerprint density at radius 2 is 2.04 bits per heavy atom. The number of imide groups is 1. The molecule has 1 saturated heterocycles. The Morgan fingerprint density at radius 1 is 1.27 bits per heavy atom. The zero-order valence-electron chi connectivity index (χ0n) is 15.6. The molecule has 1 aromatic rings. The molecule has 1 spiro atoms. The van der Waals surface area contributed by atoms with Crippen LogP contribution in [0.15, 0.2) is 24.3 Å². The van der Waals surface area contributed by atoms with Gasteiger partial charge in [0.15, 0.2) is 0 Å². The number of likely N-dealkylation sites (N-methyl/N-ethyl adjacent to an activating group) is 1. The number of unbranched alkanes of at least 4 members (excludes halogenated alkanes) is 1. The Kier molecular flexibility index (Phi) is 5.30. The van der Waals surface area contributed by atoms with Crippen molar-refractivity contribution in [3.05, 3.63) is 35.4 Å². The van der Waals surface area contributed by atoms with Gasteiger partial charge in [-0.15, -0.1) is 0 Å². The number of benzene rings is 1. The third-order valence-corrected chi connectivity index (χ3v) is 5.46. The second kappa shape index (κ2) is 7.48. The summed E-state index contributed by atoms with van der Waals surface area (Å²) in [5.74, 6) is -0.472. The van der Waals surface area contributed by atoms with Gasteiger partial charge in [-0.25, -0.2) is 4.79 Å². The molecule has 1 aliphatic heterocycles. The van der Waals surface area contributed by atoms with Gasteiger partial charge < -0.3 is 10.2 Å². The first-order chi connectivity index (χ1) is 12.5. The topological polar surface area (TPSA) is 69.7 Å². The van der Waals surface area contributed by atoms with Crippen molar-refractivity contribution in [3.8, 4) is 0 Å². The first-order valence-electron chi connectivity index (χ1n) is 9.53. The minimum absolute atomic E-state index is 0.175. The summed E-state index contributed by atoms with van der Waals surface area (Å²) in [6.07, 6.45) is 4.22. The number of carbonyl (C=O) groups excluding carboxylic acids is 3. The van der Waals surface area contributed by atoms with E-state index in [1.54, 1.807) is 4.90 Å². The number of urea groups is 1. The molecule has 1 atom stereocenters. The van der Waals surface area contributed by atoms with E-state index in [4.69, 9.17) is 0 Å². The lowest BCUT2D eigenvalue weighted by atomic mass is 9.76. The molecule has 140 valence electrons. The largest absolute Gasteiger partial charge is 0.341 e. The van der Waals surface area contributed by atoms with E-state index in [2.05, 4.69) is 12.2 Å². The maximum atomic E-state index is 13.2. The van der Waals surface area contributed by atoms with Crippen molar-refractivity contribution in [2.75, 3.05) is 19.6 Å². The minimum atomic E-state index is -1.01. The van der Waals surface area contributed by atoms with Gasteiger partial charge in [-0.1, -0.05) is 37.6 Å². The minimum Gasteiger partial charge on any atom is -0.341 e. The molecule has 26 heavy (non-hydrogen) atoms. The molecule has 3 rings (SSSR count). The van der Waals surface area contributed by atoms with Crippen LogP contribution in [0.3, 0.4) is 0 Å². The molecule has 6 heteroatoms. The molecule has 1 heterocycles. The highest BCUT2D eigenvalue weighted by atomic mass is 16.2. The first kappa shape index (κ1) is 18.4. The molecule has 1 aromatic carbocycles. The Balaban J connectivity index is 1.81. The highest BCUT2D eigenvalue weighted by Gasteiger charge is 2.54. The molecule has 0 radical (unpaired) electrons. The highest BCUT2D eigenvalue weighted by molar-refractivity contribution is 6.09. The van der Waals surface area contributed by atoms with Crippen molar-refractivity contribution in [2.24, 2.45) is 0 Å². The number of hydrogen-bond donors (Lipinski definition) is 1. The lowest BCUT2D eigenvalue weighted by molar-refractivity contribution is -0.139. The summed E-state index contributed by atoms with van der Waals surface area (Å²) in [7, 11) is 0. The smallest absolute Gasteiger partial charge is 0.325 e. The molecule has 4 amide bonds. The summed E-state index contributed by atoms with van der Waals surface area (Å²) in [5, 5.41) is 2.90. The van der Waals surface area contributed by atoms with E-state index in [0.717, 1.165) is 41.7 Å². The number of aryl methyl sites for hydroxylation is 1. The van der Waals surface area contributed by atoms with Crippen molar-refractivity contribution in [1.82, 2.24) is 15.1 Å². The Hall–Kier alpha value is -2.37. The van der Waals surface area contributed by atoms with Crippen LogP contribution in [0.2, 0.25) is 0 Å². The van der Waals surface area contributed by atoms with Crippen LogP contribution in [-0.2, 0) is 21.5 Å². The molecular weight excluding hydrogens is 330 g/mol. The molecule has 0 aromatic heterocycles. The molecule has 1 fully saturated rings. The quantitative estimate of drug-likeness (QED) is 0.795. The molecule has 0 saturated carbocycles. The second-order valence-corrected chi connectivity index (χ2v) is 7.06. The highest BCUT2D eigenvalue weighted by Crippen LogP contribution is 2.39. The van der Waals surface area contributed by atoms with Crippen molar-refractivity contribution >= 4 is 17.8 Å².